The Kier molecular flexibility index (Phi) is 7.53. The second-order valence-corrected chi connectivity index (χ2v) is 5.72. The molecule has 0 bridgehead atoms. The van der Waals surface area contributed by atoms with E-state index in [1.54, 1.807) is 0 Å². The molecule has 0 aliphatic heterocycles. The summed E-state index contributed by atoms with van der Waals surface area (Å²) in [5.74, 6) is -4.38. The number of carbonyl (C=O) groups is 4. The molecule has 142 valence electrons. The molecule has 0 heterocycles. The number of carboxylic acid groups (broad SMARTS) is 2. The lowest BCUT2D eigenvalue weighted by Crippen LogP contribution is -2.55. The molecule has 2 amide bonds. The van der Waals surface area contributed by atoms with Crippen LogP contribution in [0, 0.1) is 0 Å². The Labute approximate surface area is 149 Å². The van der Waals surface area contributed by atoms with Crippen molar-refractivity contribution in [2.24, 2.45) is 5.73 Å². The van der Waals surface area contributed by atoms with E-state index in [4.69, 9.17) is 15.9 Å². The maximum Gasteiger partial charge on any atom is 0.326 e. The number of nitrogens with one attached hydrogen (secondary N) is 2. The first-order valence-electron chi connectivity index (χ1n) is 7.69. The first-order chi connectivity index (χ1) is 12.1. The van der Waals surface area contributed by atoms with E-state index in [0.29, 0.717) is 5.56 Å². The molecule has 0 spiro atoms. The third-order valence-electron chi connectivity index (χ3n) is 3.42. The standard InChI is InChI=1S/C16H21N3O7/c1-8(17)14(23)18-11(6-9-2-4-10(20)5-3-9)15(24)19-12(16(25)26)7-13(21)22/h2-5,8,11-12,20H,6-7,17H2,1H3,(H,18,23)(H,19,24)(H,21,22)(H,25,26)/t8-,11-,12-/m0/s1. The van der Waals surface area contributed by atoms with Crippen molar-refractivity contribution in [3.63, 3.8) is 0 Å². The van der Waals surface area contributed by atoms with Crippen molar-refractivity contribution in [3.8, 4) is 5.75 Å². The number of nitrogens with two attached hydrogens (primary N) is 1. The summed E-state index contributed by atoms with van der Waals surface area (Å²) >= 11 is 0. The van der Waals surface area contributed by atoms with Gasteiger partial charge in [-0.2, -0.15) is 0 Å². The number of phenols is 1. The molecule has 0 saturated heterocycles. The van der Waals surface area contributed by atoms with Gasteiger partial charge in [0.15, 0.2) is 0 Å². The van der Waals surface area contributed by atoms with Gasteiger partial charge < -0.3 is 31.7 Å². The van der Waals surface area contributed by atoms with Crippen LogP contribution in [0.5, 0.6) is 5.75 Å². The smallest absolute Gasteiger partial charge is 0.326 e. The molecule has 0 aliphatic carbocycles. The van der Waals surface area contributed by atoms with E-state index in [2.05, 4.69) is 10.6 Å². The van der Waals surface area contributed by atoms with Crippen LogP contribution >= 0.6 is 0 Å². The monoisotopic (exact) mass is 367 g/mol. The number of carboxylic acids is 2. The van der Waals surface area contributed by atoms with Gasteiger partial charge in [-0.1, -0.05) is 12.1 Å². The van der Waals surface area contributed by atoms with Crippen LogP contribution in [-0.4, -0.2) is 57.2 Å². The van der Waals surface area contributed by atoms with Gasteiger partial charge in [-0.05, 0) is 24.6 Å². The van der Waals surface area contributed by atoms with Crippen LogP contribution in [0.1, 0.15) is 18.9 Å². The summed E-state index contributed by atoms with van der Waals surface area (Å²) in [6.07, 6.45) is -0.821. The first kappa shape index (κ1) is 20.9. The van der Waals surface area contributed by atoms with Crippen LogP contribution in [-0.2, 0) is 25.6 Å². The zero-order valence-corrected chi connectivity index (χ0v) is 14.0. The predicted octanol–water partition coefficient (Wildman–Crippen LogP) is -1.19. The van der Waals surface area contributed by atoms with Crippen LogP contribution in [0.15, 0.2) is 24.3 Å². The number of amides is 2. The molecular formula is C16H21N3O7. The van der Waals surface area contributed by atoms with Crippen LogP contribution in [0.2, 0.25) is 0 Å². The van der Waals surface area contributed by atoms with E-state index in [1.165, 1.54) is 31.2 Å². The topological polar surface area (TPSA) is 179 Å². The Morgan fingerprint density at radius 1 is 1.00 bits per heavy atom. The summed E-state index contributed by atoms with van der Waals surface area (Å²) in [7, 11) is 0. The van der Waals surface area contributed by atoms with Gasteiger partial charge in [0.05, 0.1) is 12.5 Å². The van der Waals surface area contributed by atoms with Crippen molar-refractivity contribution >= 4 is 23.8 Å². The summed E-state index contributed by atoms with van der Waals surface area (Å²) in [6.45, 7) is 1.41. The van der Waals surface area contributed by atoms with Gasteiger partial charge in [0.2, 0.25) is 11.8 Å². The molecule has 3 atom stereocenters. The molecule has 0 radical (unpaired) electrons. The van der Waals surface area contributed by atoms with E-state index >= 15 is 0 Å². The molecule has 26 heavy (non-hydrogen) atoms. The maximum absolute atomic E-state index is 12.4. The molecule has 1 aromatic rings. The van der Waals surface area contributed by atoms with E-state index in [0.717, 1.165) is 0 Å². The molecule has 0 aliphatic rings. The summed E-state index contributed by atoms with van der Waals surface area (Å²) in [4.78, 5) is 46.1. The molecule has 0 fully saturated rings. The van der Waals surface area contributed by atoms with E-state index in [1.807, 2.05) is 0 Å². The number of phenolic OH excluding ortho intramolecular Hbond substituents is 1. The SMILES string of the molecule is C[C@H](N)C(=O)N[C@@H](Cc1ccc(O)cc1)C(=O)N[C@@H](CC(=O)O)C(=O)O. The molecule has 1 rings (SSSR count). The van der Waals surface area contributed by atoms with Crippen molar-refractivity contribution in [2.75, 3.05) is 0 Å². The van der Waals surface area contributed by atoms with Gasteiger partial charge in [-0.15, -0.1) is 0 Å². The van der Waals surface area contributed by atoms with Crippen molar-refractivity contribution in [1.29, 1.82) is 0 Å². The minimum atomic E-state index is -1.64. The van der Waals surface area contributed by atoms with Gasteiger partial charge in [0, 0.05) is 6.42 Å². The van der Waals surface area contributed by atoms with Crippen LogP contribution < -0.4 is 16.4 Å². The van der Waals surface area contributed by atoms with E-state index < -0.39 is 48.3 Å². The largest absolute Gasteiger partial charge is 0.508 e. The Morgan fingerprint density at radius 2 is 1.54 bits per heavy atom. The van der Waals surface area contributed by atoms with E-state index in [-0.39, 0.29) is 12.2 Å². The summed E-state index contributed by atoms with van der Waals surface area (Å²) in [5.41, 5.74) is 6.05. The maximum atomic E-state index is 12.4. The van der Waals surface area contributed by atoms with Gasteiger partial charge in [-0.25, -0.2) is 4.79 Å². The molecule has 10 nitrogen and oxygen atoms in total. The van der Waals surface area contributed by atoms with Crippen LogP contribution in [0.25, 0.3) is 0 Å². The number of carbonyl (C=O) groups excluding carboxylic acids is 2. The lowest BCUT2D eigenvalue weighted by molar-refractivity contribution is -0.147. The van der Waals surface area contributed by atoms with Gasteiger partial charge in [0.25, 0.3) is 0 Å². The second kappa shape index (κ2) is 9.37. The minimum Gasteiger partial charge on any atom is -0.508 e. The number of aliphatic carboxylic acids is 2. The number of benzene rings is 1. The third kappa shape index (κ3) is 6.77. The number of hydrogen-bond acceptors (Lipinski definition) is 6. The van der Waals surface area contributed by atoms with E-state index in [9.17, 15) is 24.3 Å². The highest BCUT2D eigenvalue weighted by Gasteiger charge is 2.28. The van der Waals surface area contributed by atoms with Crippen molar-refractivity contribution in [3.05, 3.63) is 29.8 Å². The normalized spacial score (nSPS) is 13.9. The summed E-state index contributed by atoms with van der Waals surface area (Å²) in [6, 6.07) is 2.12. The van der Waals surface area contributed by atoms with Gasteiger partial charge in [-0.3, -0.25) is 14.4 Å². The molecule has 10 heteroatoms. The highest BCUT2D eigenvalue weighted by Crippen LogP contribution is 2.12. The average molecular weight is 367 g/mol. The van der Waals surface area contributed by atoms with Crippen molar-refractivity contribution in [2.45, 2.75) is 37.9 Å². The summed E-state index contributed by atoms with van der Waals surface area (Å²) in [5, 5.41) is 31.6. The first-order valence-corrected chi connectivity index (χ1v) is 7.69. The number of hydrogen-bond donors (Lipinski definition) is 6. The fourth-order valence-electron chi connectivity index (χ4n) is 2.03. The zero-order valence-electron chi connectivity index (χ0n) is 14.0. The van der Waals surface area contributed by atoms with Crippen molar-refractivity contribution in [1.82, 2.24) is 10.6 Å². The third-order valence-corrected chi connectivity index (χ3v) is 3.42. The number of rotatable bonds is 9. The molecule has 7 N–H and O–H groups in total. The molecule has 0 saturated carbocycles. The fourth-order valence-corrected chi connectivity index (χ4v) is 2.03. The average Bonchev–Trinajstić information content (AvgIpc) is 2.54. The Hall–Kier alpha value is -3.14. The quantitative estimate of drug-likeness (QED) is 0.315. The predicted molar refractivity (Wildman–Crippen MR) is 89.2 cm³/mol. The Morgan fingerprint density at radius 3 is 2.00 bits per heavy atom. The highest BCUT2D eigenvalue weighted by molar-refractivity contribution is 5.92. The fraction of sp³-hybridized carbons (Fsp3) is 0.375. The second-order valence-electron chi connectivity index (χ2n) is 5.72. The molecular weight excluding hydrogens is 346 g/mol. The summed E-state index contributed by atoms with van der Waals surface area (Å²) < 4.78 is 0. The molecule has 0 unspecified atom stereocenters. The molecule has 0 aromatic heterocycles. The van der Waals surface area contributed by atoms with Crippen molar-refractivity contribution < 1.29 is 34.5 Å². The van der Waals surface area contributed by atoms with Crippen LogP contribution in [0.3, 0.4) is 0 Å². The zero-order chi connectivity index (χ0) is 19.9. The lowest BCUT2D eigenvalue weighted by atomic mass is 10.0. The Balaban J connectivity index is 2.95. The van der Waals surface area contributed by atoms with Gasteiger partial charge in [0.1, 0.15) is 17.8 Å². The minimum absolute atomic E-state index is 0.00994. The van der Waals surface area contributed by atoms with Gasteiger partial charge >= 0.3 is 11.9 Å². The van der Waals surface area contributed by atoms with Crippen LogP contribution in [0.4, 0.5) is 0 Å². The number of aromatic hydroxyl groups is 1. The lowest BCUT2D eigenvalue weighted by Gasteiger charge is -2.22. The Bertz CT molecular complexity index is 673. The molecule has 1 aromatic carbocycles. The highest BCUT2D eigenvalue weighted by atomic mass is 16.4.